The Bertz CT molecular complexity index is 634. The van der Waals surface area contributed by atoms with E-state index in [1.807, 2.05) is 31.7 Å². The third-order valence-corrected chi connectivity index (χ3v) is 5.10. The predicted molar refractivity (Wildman–Crippen MR) is 94.5 cm³/mol. The molecule has 0 spiro atoms. The summed E-state index contributed by atoms with van der Waals surface area (Å²) < 4.78 is 5.25. The Morgan fingerprint density at radius 1 is 1.30 bits per heavy atom. The van der Waals surface area contributed by atoms with Crippen LogP contribution in [0.15, 0.2) is 16.9 Å². The fraction of sp³-hybridized carbons (Fsp3) is 0.562. The summed E-state index contributed by atoms with van der Waals surface area (Å²) in [5.41, 5.74) is 2.14. The van der Waals surface area contributed by atoms with Crippen LogP contribution in [-0.2, 0) is 0 Å². The molecule has 0 bridgehead atoms. The van der Waals surface area contributed by atoms with E-state index in [1.54, 1.807) is 6.33 Å². The Morgan fingerprint density at radius 3 is 2.78 bits per heavy atom. The standard InChI is InChI=1S/C16H23N5OS/c1-11(16-12(2)20-22-13(16)3)9-17-14-8-15(19-10-18-14)21-4-6-23-7-5-21/h8,10-11H,4-7,9H2,1-3H3,(H,17,18,19)/t11-/m1/s1. The first-order valence-corrected chi connectivity index (χ1v) is 9.12. The van der Waals surface area contributed by atoms with Gasteiger partial charge in [0.25, 0.3) is 0 Å². The predicted octanol–water partition coefficient (Wildman–Crippen LogP) is 2.85. The second-order valence-corrected chi connectivity index (χ2v) is 7.11. The fourth-order valence-electron chi connectivity index (χ4n) is 2.96. The van der Waals surface area contributed by atoms with Crippen LogP contribution in [-0.4, -0.2) is 46.3 Å². The number of nitrogens with one attached hydrogen (secondary N) is 1. The van der Waals surface area contributed by atoms with E-state index in [9.17, 15) is 0 Å². The van der Waals surface area contributed by atoms with Crippen molar-refractivity contribution in [3.8, 4) is 0 Å². The van der Waals surface area contributed by atoms with Crippen LogP contribution in [0, 0.1) is 13.8 Å². The Labute approximate surface area is 141 Å². The molecule has 1 N–H and O–H groups in total. The molecule has 1 atom stereocenters. The number of anilines is 2. The molecule has 0 radical (unpaired) electrons. The smallest absolute Gasteiger partial charge is 0.137 e. The van der Waals surface area contributed by atoms with Gasteiger partial charge < -0.3 is 14.7 Å². The van der Waals surface area contributed by atoms with E-state index in [1.165, 1.54) is 5.56 Å². The minimum absolute atomic E-state index is 0.311. The SMILES string of the molecule is Cc1noc(C)c1[C@H](C)CNc1cc(N2CCSCC2)ncn1. The van der Waals surface area contributed by atoms with Crippen LogP contribution in [0.1, 0.15) is 29.9 Å². The van der Waals surface area contributed by atoms with Crippen molar-refractivity contribution in [2.75, 3.05) is 41.4 Å². The van der Waals surface area contributed by atoms with Crippen LogP contribution in [0.4, 0.5) is 11.6 Å². The number of hydrogen-bond donors (Lipinski definition) is 1. The van der Waals surface area contributed by atoms with Gasteiger partial charge in [-0.3, -0.25) is 0 Å². The first kappa shape index (κ1) is 16.1. The molecule has 0 aliphatic carbocycles. The molecule has 3 heterocycles. The summed E-state index contributed by atoms with van der Waals surface area (Å²) in [6, 6.07) is 2.04. The maximum Gasteiger partial charge on any atom is 0.137 e. The summed E-state index contributed by atoms with van der Waals surface area (Å²) in [6.45, 7) is 9.01. The van der Waals surface area contributed by atoms with E-state index in [0.717, 1.165) is 54.2 Å². The number of hydrogen-bond acceptors (Lipinski definition) is 7. The lowest BCUT2D eigenvalue weighted by Gasteiger charge is -2.27. The van der Waals surface area contributed by atoms with Crippen LogP contribution in [0.5, 0.6) is 0 Å². The van der Waals surface area contributed by atoms with E-state index in [2.05, 4.69) is 32.3 Å². The molecule has 0 saturated carbocycles. The normalized spacial score (nSPS) is 16.4. The second-order valence-electron chi connectivity index (χ2n) is 5.88. The number of rotatable bonds is 5. The maximum absolute atomic E-state index is 5.25. The summed E-state index contributed by atoms with van der Waals surface area (Å²) in [4.78, 5) is 11.1. The molecule has 1 aliphatic rings. The topological polar surface area (TPSA) is 67.1 Å². The first-order chi connectivity index (χ1) is 11.1. The molecule has 1 saturated heterocycles. The molecule has 23 heavy (non-hydrogen) atoms. The van der Waals surface area contributed by atoms with Crippen molar-refractivity contribution in [2.45, 2.75) is 26.7 Å². The highest BCUT2D eigenvalue weighted by Gasteiger charge is 2.17. The summed E-state index contributed by atoms with van der Waals surface area (Å²) in [6.07, 6.45) is 1.64. The molecule has 6 nitrogen and oxygen atoms in total. The van der Waals surface area contributed by atoms with Crippen molar-refractivity contribution in [1.29, 1.82) is 0 Å². The number of nitrogens with zero attached hydrogens (tertiary/aromatic N) is 4. The molecular weight excluding hydrogens is 310 g/mol. The Balaban J connectivity index is 1.64. The molecule has 7 heteroatoms. The fourth-order valence-corrected chi connectivity index (χ4v) is 3.87. The lowest BCUT2D eigenvalue weighted by Crippen LogP contribution is -2.33. The van der Waals surface area contributed by atoms with Crippen molar-refractivity contribution in [1.82, 2.24) is 15.1 Å². The Hall–Kier alpha value is -1.76. The van der Waals surface area contributed by atoms with E-state index < -0.39 is 0 Å². The number of aromatic nitrogens is 3. The van der Waals surface area contributed by atoms with Crippen LogP contribution < -0.4 is 10.2 Å². The molecule has 2 aromatic rings. The van der Waals surface area contributed by atoms with Crippen LogP contribution in [0.2, 0.25) is 0 Å². The largest absolute Gasteiger partial charge is 0.369 e. The lowest BCUT2D eigenvalue weighted by atomic mass is 10.00. The number of aryl methyl sites for hydroxylation is 2. The molecular formula is C16H23N5OS. The molecule has 0 aromatic carbocycles. The molecule has 1 fully saturated rings. The van der Waals surface area contributed by atoms with Crippen molar-refractivity contribution >= 4 is 23.4 Å². The monoisotopic (exact) mass is 333 g/mol. The number of thioether (sulfide) groups is 1. The van der Waals surface area contributed by atoms with Gasteiger partial charge in [0.2, 0.25) is 0 Å². The minimum Gasteiger partial charge on any atom is -0.369 e. The molecule has 124 valence electrons. The molecule has 3 rings (SSSR count). The van der Waals surface area contributed by atoms with Gasteiger partial charge in [-0.2, -0.15) is 11.8 Å². The van der Waals surface area contributed by atoms with Gasteiger partial charge >= 0.3 is 0 Å². The highest BCUT2D eigenvalue weighted by Crippen LogP contribution is 2.24. The van der Waals surface area contributed by atoms with Gasteiger partial charge in [-0.05, 0) is 13.8 Å². The Kier molecular flexibility index (Phi) is 5.05. The van der Waals surface area contributed by atoms with E-state index >= 15 is 0 Å². The van der Waals surface area contributed by atoms with Gasteiger partial charge in [0.1, 0.15) is 23.7 Å². The van der Waals surface area contributed by atoms with Gasteiger partial charge in [-0.15, -0.1) is 0 Å². The molecule has 1 aliphatic heterocycles. The highest BCUT2D eigenvalue weighted by atomic mass is 32.2. The molecule has 0 unspecified atom stereocenters. The summed E-state index contributed by atoms with van der Waals surface area (Å²) in [5.74, 6) is 5.41. The first-order valence-electron chi connectivity index (χ1n) is 7.96. The van der Waals surface area contributed by atoms with E-state index in [-0.39, 0.29) is 0 Å². The summed E-state index contributed by atoms with van der Waals surface area (Å²) in [7, 11) is 0. The van der Waals surface area contributed by atoms with Gasteiger partial charge in [0, 0.05) is 48.7 Å². The zero-order valence-corrected chi connectivity index (χ0v) is 14.7. The zero-order chi connectivity index (χ0) is 16.2. The van der Waals surface area contributed by atoms with Crippen LogP contribution >= 0.6 is 11.8 Å². The Morgan fingerprint density at radius 2 is 2.09 bits per heavy atom. The maximum atomic E-state index is 5.25. The van der Waals surface area contributed by atoms with Crippen LogP contribution in [0.25, 0.3) is 0 Å². The van der Waals surface area contributed by atoms with Gasteiger partial charge in [0.15, 0.2) is 0 Å². The third kappa shape index (κ3) is 3.77. The summed E-state index contributed by atoms with van der Waals surface area (Å²) >= 11 is 2.00. The van der Waals surface area contributed by atoms with E-state index in [0.29, 0.717) is 5.92 Å². The summed E-state index contributed by atoms with van der Waals surface area (Å²) in [5, 5.41) is 7.44. The minimum atomic E-state index is 0.311. The third-order valence-electron chi connectivity index (χ3n) is 4.16. The average Bonchev–Trinajstić information content (AvgIpc) is 2.92. The van der Waals surface area contributed by atoms with Crippen molar-refractivity contribution < 1.29 is 4.52 Å². The van der Waals surface area contributed by atoms with Crippen molar-refractivity contribution in [3.05, 3.63) is 29.4 Å². The molecule has 0 amide bonds. The van der Waals surface area contributed by atoms with E-state index in [4.69, 9.17) is 4.52 Å². The van der Waals surface area contributed by atoms with Gasteiger partial charge in [-0.25, -0.2) is 9.97 Å². The van der Waals surface area contributed by atoms with Crippen molar-refractivity contribution in [3.63, 3.8) is 0 Å². The lowest BCUT2D eigenvalue weighted by molar-refractivity contribution is 0.391. The van der Waals surface area contributed by atoms with Gasteiger partial charge in [0.05, 0.1) is 5.69 Å². The highest BCUT2D eigenvalue weighted by molar-refractivity contribution is 7.99. The average molecular weight is 333 g/mol. The second kappa shape index (κ2) is 7.21. The zero-order valence-electron chi connectivity index (χ0n) is 13.9. The van der Waals surface area contributed by atoms with Crippen LogP contribution in [0.3, 0.4) is 0 Å². The van der Waals surface area contributed by atoms with Gasteiger partial charge in [-0.1, -0.05) is 12.1 Å². The van der Waals surface area contributed by atoms with Crippen molar-refractivity contribution in [2.24, 2.45) is 0 Å². The molecule has 2 aromatic heterocycles. The quantitative estimate of drug-likeness (QED) is 0.902.